The van der Waals surface area contributed by atoms with Gasteiger partial charge in [0.25, 0.3) is 0 Å². The van der Waals surface area contributed by atoms with E-state index in [9.17, 15) is 14.0 Å². The first kappa shape index (κ1) is 19.8. The van der Waals surface area contributed by atoms with E-state index in [2.05, 4.69) is 5.32 Å². The zero-order valence-corrected chi connectivity index (χ0v) is 16.1. The summed E-state index contributed by atoms with van der Waals surface area (Å²) in [5.41, 5.74) is 2.02. The molecule has 138 valence electrons. The zero-order chi connectivity index (χ0) is 19.3. The minimum Gasteiger partial charge on any atom is -0.459 e. The zero-order valence-electron chi connectivity index (χ0n) is 15.3. The smallest absolute Gasteiger partial charge is 0.341 e. The number of carbonyl (C=O) groups is 2. The van der Waals surface area contributed by atoms with Gasteiger partial charge in [-0.1, -0.05) is 19.1 Å². The van der Waals surface area contributed by atoms with Crippen LogP contribution >= 0.6 is 11.3 Å². The summed E-state index contributed by atoms with van der Waals surface area (Å²) in [5.74, 6) is -1.13. The lowest BCUT2D eigenvalue weighted by Crippen LogP contribution is -2.16. The van der Waals surface area contributed by atoms with Crippen molar-refractivity contribution in [3.63, 3.8) is 0 Å². The average Bonchev–Trinajstić information content (AvgIpc) is 2.88. The molecule has 0 aliphatic rings. The molecule has 1 N–H and O–H groups in total. The summed E-state index contributed by atoms with van der Waals surface area (Å²) in [7, 11) is 0. The van der Waals surface area contributed by atoms with Crippen LogP contribution in [-0.4, -0.2) is 18.0 Å². The molecule has 4 nitrogen and oxygen atoms in total. The highest BCUT2D eigenvalue weighted by Gasteiger charge is 2.23. The van der Waals surface area contributed by atoms with Crippen molar-refractivity contribution in [1.82, 2.24) is 0 Å². The Morgan fingerprint density at radius 1 is 1.27 bits per heavy atom. The number of rotatable bonds is 6. The molecule has 0 bridgehead atoms. The van der Waals surface area contributed by atoms with E-state index in [1.807, 2.05) is 13.8 Å². The third kappa shape index (κ3) is 5.02. The van der Waals surface area contributed by atoms with E-state index in [-0.39, 0.29) is 17.8 Å². The first-order valence-corrected chi connectivity index (χ1v) is 9.21. The molecule has 0 aliphatic carbocycles. The van der Waals surface area contributed by atoms with Crippen LogP contribution in [0.4, 0.5) is 9.39 Å². The number of anilines is 1. The van der Waals surface area contributed by atoms with Gasteiger partial charge in [-0.2, -0.15) is 0 Å². The second-order valence-corrected chi connectivity index (χ2v) is 7.25. The van der Waals surface area contributed by atoms with Crippen molar-refractivity contribution in [2.24, 2.45) is 0 Å². The third-order valence-electron chi connectivity index (χ3n) is 3.64. The van der Waals surface area contributed by atoms with Crippen molar-refractivity contribution < 1.29 is 18.7 Å². The molecule has 0 saturated heterocycles. The number of amides is 1. The molecule has 0 fully saturated rings. The lowest BCUT2D eigenvalue weighted by Gasteiger charge is -2.10. The van der Waals surface area contributed by atoms with E-state index in [1.165, 1.54) is 29.5 Å². The topological polar surface area (TPSA) is 55.4 Å². The van der Waals surface area contributed by atoms with Gasteiger partial charge in [-0.05, 0) is 56.5 Å². The van der Waals surface area contributed by atoms with Crippen molar-refractivity contribution in [1.29, 1.82) is 0 Å². The third-order valence-corrected chi connectivity index (χ3v) is 4.71. The molecule has 2 aromatic rings. The molecule has 0 unspecified atom stereocenters. The Hall–Kier alpha value is -2.47. The molecule has 26 heavy (non-hydrogen) atoms. The van der Waals surface area contributed by atoms with Crippen LogP contribution in [0.2, 0.25) is 0 Å². The summed E-state index contributed by atoms with van der Waals surface area (Å²) in [5, 5.41) is 3.24. The van der Waals surface area contributed by atoms with Crippen LogP contribution in [0.1, 0.15) is 47.1 Å². The number of hydrogen-bond acceptors (Lipinski definition) is 4. The Kier molecular flexibility index (Phi) is 6.69. The quantitative estimate of drug-likeness (QED) is 0.572. The lowest BCUT2D eigenvalue weighted by molar-refractivity contribution is -0.111. The summed E-state index contributed by atoms with van der Waals surface area (Å²) >= 11 is 1.36. The Bertz CT molecular complexity index is 822. The molecule has 0 radical (unpaired) electrons. The SMILES string of the molecule is CCc1c(C)sc(NC(=O)/C=C/c2ccc(F)cc2)c1C(=O)OC(C)C. The van der Waals surface area contributed by atoms with Gasteiger partial charge in [-0.3, -0.25) is 4.79 Å². The minimum absolute atomic E-state index is 0.241. The highest BCUT2D eigenvalue weighted by atomic mass is 32.1. The van der Waals surface area contributed by atoms with Crippen LogP contribution in [0.3, 0.4) is 0 Å². The predicted molar refractivity (Wildman–Crippen MR) is 103 cm³/mol. The maximum atomic E-state index is 12.9. The summed E-state index contributed by atoms with van der Waals surface area (Å²) < 4.78 is 18.2. The number of carbonyl (C=O) groups excluding carboxylic acids is 2. The molecule has 1 amide bonds. The van der Waals surface area contributed by atoms with Crippen molar-refractivity contribution >= 4 is 34.3 Å². The van der Waals surface area contributed by atoms with Crippen LogP contribution < -0.4 is 5.32 Å². The summed E-state index contributed by atoms with van der Waals surface area (Å²) in [6.07, 6.45) is 3.37. The fourth-order valence-corrected chi connectivity index (χ4v) is 3.62. The lowest BCUT2D eigenvalue weighted by atomic mass is 10.1. The second kappa shape index (κ2) is 8.76. The van der Waals surface area contributed by atoms with Crippen LogP contribution in [0.15, 0.2) is 30.3 Å². The Morgan fingerprint density at radius 2 is 1.92 bits per heavy atom. The van der Waals surface area contributed by atoms with Gasteiger partial charge in [0.1, 0.15) is 10.8 Å². The number of benzene rings is 1. The van der Waals surface area contributed by atoms with Gasteiger partial charge >= 0.3 is 5.97 Å². The molecule has 1 aromatic heterocycles. The number of halogens is 1. The summed E-state index contributed by atoms with van der Waals surface area (Å²) in [6.45, 7) is 7.44. The molecule has 0 saturated carbocycles. The van der Waals surface area contributed by atoms with E-state index in [4.69, 9.17) is 4.74 Å². The van der Waals surface area contributed by atoms with Gasteiger partial charge in [0.05, 0.1) is 11.7 Å². The van der Waals surface area contributed by atoms with Gasteiger partial charge in [0.2, 0.25) is 5.91 Å². The Balaban J connectivity index is 2.21. The largest absolute Gasteiger partial charge is 0.459 e. The molecule has 0 spiro atoms. The van der Waals surface area contributed by atoms with E-state index >= 15 is 0 Å². The Labute approximate surface area is 156 Å². The number of hydrogen-bond donors (Lipinski definition) is 1. The van der Waals surface area contributed by atoms with Crippen LogP contribution in [0.5, 0.6) is 0 Å². The molecule has 1 heterocycles. The average molecular weight is 375 g/mol. The van der Waals surface area contributed by atoms with Crippen LogP contribution in [0, 0.1) is 12.7 Å². The number of nitrogens with one attached hydrogen (secondary N) is 1. The number of thiophene rings is 1. The Morgan fingerprint density at radius 3 is 2.50 bits per heavy atom. The van der Waals surface area contributed by atoms with Gasteiger partial charge in [-0.25, -0.2) is 9.18 Å². The monoisotopic (exact) mass is 375 g/mol. The van der Waals surface area contributed by atoms with Crippen molar-refractivity contribution in [2.75, 3.05) is 5.32 Å². The number of esters is 1. The maximum absolute atomic E-state index is 12.9. The molecule has 2 rings (SSSR count). The molecular formula is C20H22FNO3S. The van der Waals surface area contributed by atoms with Gasteiger partial charge in [0.15, 0.2) is 0 Å². The van der Waals surface area contributed by atoms with E-state index < -0.39 is 5.97 Å². The van der Waals surface area contributed by atoms with Crippen molar-refractivity contribution in [2.45, 2.75) is 40.2 Å². The standard InChI is InChI=1S/C20H22FNO3S/c1-5-16-13(4)26-19(18(16)20(24)25-12(2)3)22-17(23)11-8-14-6-9-15(21)10-7-14/h6-12H,5H2,1-4H3,(H,22,23)/b11-8+. The van der Waals surface area contributed by atoms with Crippen molar-refractivity contribution in [3.05, 3.63) is 57.7 Å². The summed E-state index contributed by atoms with van der Waals surface area (Å²) in [6, 6.07) is 5.81. The van der Waals surface area contributed by atoms with Crippen LogP contribution in [0.25, 0.3) is 6.08 Å². The number of aryl methyl sites for hydroxylation is 1. The van der Waals surface area contributed by atoms with Crippen LogP contribution in [-0.2, 0) is 16.0 Å². The molecule has 1 aromatic carbocycles. The molecule has 6 heteroatoms. The molecule has 0 aliphatic heterocycles. The number of ether oxygens (including phenoxy) is 1. The van der Waals surface area contributed by atoms with E-state index in [0.717, 1.165) is 10.4 Å². The maximum Gasteiger partial charge on any atom is 0.341 e. The molecule has 0 atom stereocenters. The minimum atomic E-state index is -0.431. The first-order valence-electron chi connectivity index (χ1n) is 8.39. The van der Waals surface area contributed by atoms with Gasteiger partial charge in [0, 0.05) is 11.0 Å². The van der Waals surface area contributed by atoms with E-state index in [1.54, 1.807) is 32.1 Å². The highest BCUT2D eigenvalue weighted by molar-refractivity contribution is 7.16. The van der Waals surface area contributed by atoms with Gasteiger partial charge < -0.3 is 10.1 Å². The predicted octanol–water partition coefficient (Wildman–Crippen LogP) is 4.98. The van der Waals surface area contributed by atoms with E-state index in [0.29, 0.717) is 22.5 Å². The fraction of sp³-hybridized carbons (Fsp3) is 0.300. The second-order valence-electron chi connectivity index (χ2n) is 6.02. The highest BCUT2D eigenvalue weighted by Crippen LogP contribution is 2.34. The van der Waals surface area contributed by atoms with Gasteiger partial charge in [-0.15, -0.1) is 11.3 Å². The molecular weight excluding hydrogens is 353 g/mol. The summed E-state index contributed by atoms with van der Waals surface area (Å²) in [4.78, 5) is 25.7. The fourth-order valence-electron chi connectivity index (χ4n) is 2.48. The van der Waals surface area contributed by atoms with Crippen molar-refractivity contribution in [3.8, 4) is 0 Å². The normalized spacial score (nSPS) is 11.2. The first-order chi connectivity index (χ1) is 12.3.